The van der Waals surface area contributed by atoms with Gasteiger partial charge in [-0.25, -0.2) is 9.48 Å². The number of methoxy groups -OCH3 is 1. The average molecular weight is 407 g/mol. The number of anilines is 1. The molecular weight excluding hydrogens is 382 g/mol. The van der Waals surface area contributed by atoms with Gasteiger partial charge in [0.05, 0.1) is 31.3 Å². The monoisotopic (exact) mass is 407 g/mol. The number of aromatic nitrogens is 2. The van der Waals surface area contributed by atoms with E-state index in [2.05, 4.69) is 10.4 Å². The standard InChI is InChI=1S/C23H25N3O4/c1-4-7-21-20(23(28)30-5-2)15-24-26(21)18-12-10-17(11-13-18)25-22(27)16-8-6-9-19(14-16)29-3/h6,8-15H,4-5,7H2,1-3H3,(H,25,27). The summed E-state index contributed by atoms with van der Waals surface area (Å²) in [5, 5.41) is 7.25. The lowest BCUT2D eigenvalue weighted by Gasteiger charge is -2.11. The largest absolute Gasteiger partial charge is 0.497 e. The van der Waals surface area contributed by atoms with E-state index in [4.69, 9.17) is 9.47 Å². The highest BCUT2D eigenvalue weighted by Gasteiger charge is 2.19. The van der Waals surface area contributed by atoms with Gasteiger partial charge < -0.3 is 14.8 Å². The normalized spacial score (nSPS) is 10.5. The van der Waals surface area contributed by atoms with Crippen molar-refractivity contribution in [3.8, 4) is 11.4 Å². The number of esters is 1. The van der Waals surface area contributed by atoms with Gasteiger partial charge in [-0.1, -0.05) is 19.4 Å². The molecule has 1 heterocycles. The molecule has 7 heteroatoms. The molecule has 1 amide bonds. The Labute approximate surface area is 175 Å². The molecular formula is C23H25N3O4. The fourth-order valence-electron chi connectivity index (χ4n) is 3.11. The molecule has 7 nitrogen and oxygen atoms in total. The number of nitrogens with zero attached hydrogens (tertiary/aromatic N) is 2. The third-order valence-corrected chi connectivity index (χ3v) is 4.55. The topological polar surface area (TPSA) is 82.5 Å². The van der Waals surface area contributed by atoms with E-state index in [1.54, 1.807) is 61.3 Å². The van der Waals surface area contributed by atoms with Gasteiger partial charge in [-0.05, 0) is 55.8 Å². The van der Waals surface area contributed by atoms with Crippen LogP contribution in [0.4, 0.5) is 5.69 Å². The Morgan fingerprint density at radius 2 is 1.87 bits per heavy atom. The first-order valence-electron chi connectivity index (χ1n) is 9.87. The maximum Gasteiger partial charge on any atom is 0.341 e. The molecule has 0 aliphatic rings. The van der Waals surface area contributed by atoms with Gasteiger partial charge in [0.15, 0.2) is 0 Å². The summed E-state index contributed by atoms with van der Waals surface area (Å²) in [6.07, 6.45) is 3.11. The van der Waals surface area contributed by atoms with Crippen LogP contribution in [0.15, 0.2) is 54.7 Å². The number of ether oxygens (including phenoxy) is 2. The van der Waals surface area contributed by atoms with E-state index in [1.807, 2.05) is 19.1 Å². The molecule has 0 saturated heterocycles. The Morgan fingerprint density at radius 1 is 1.10 bits per heavy atom. The van der Waals surface area contributed by atoms with Crippen LogP contribution in [0.5, 0.6) is 5.75 Å². The molecule has 3 rings (SSSR count). The second-order valence-corrected chi connectivity index (χ2v) is 6.62. The lowest BCUT2D eigenvalue weighted by molar-refractivity contribution is 0.0525. The van der Waals surface area contributed by atoms with Crippen molar-refractivity contribution in [2.75, 3.05) is 19.0 Å². The van der Waals surface area contributed by atoms with Crippen molar-refractivity contribution in [2.45, 2.75) is 26.7 Å². The van der Waals surface area contributed by atoms with Crippen LogP contribution in [0.3, 0.4) is 0 Å². The fraction of sp³-hybridized carbons (Fsp3) is 0.261. The van der Waals surface area contributed by atoms with E-state index >= 15 is 0 Å². The van der Waals surface area contributed by atoms with Crippen LogP contribution in [0.25, 0.3) is 5.69 Å². The molecule has 156 valence electrons. The van der Waals surface area contributed by atoms with Crippen LogP contribution < -0.4 is 10.1 Å². The first kappa shape index (κ1) is 21.1. The van der Waals surface area contributed by atoms with Crippen LogP contribution in [-0.2, 0) is 11.2 Å². The van der Waals surface area contributed by atoms with Crippen molar-refractivity contribution in [3.05, 3.63) is 71.5 Å². The predicted octanol–water partition coefficient (Wildman–Crippen LogP) is 4.26. The molecule has 0 unspecified atom stereocenters. The summed E-state index contributed by atoms with van der Waals surface area (Å²) < 4.78 is 12.0. The van der Waals surface area contributed by atoms with Crippen molar-refractivity contribution >= 4 is 17.6 Å². The zero-order valence-corrected chi connectivity index (χ0v) is 17.3. The van der Waals surface area contributed by atoms with Gasteiger partial charge in [0, 0.05) is 11.3 Å². The molecule has 2 aromatic carbocycles. The zero-order chi connectivity index (χ0) is 21.5. The molecule has 0 aliphatic heterocycles. The van der Waals surface area contributed by atoms with E-state index in [1.165, 1.54) is 0 Å². The molecule has 30 heavy (non-hydrogen) atoms. The molecule has 0 spiro atoms. The highest BCUT2D eigenvalue weighted by molar-refractivity contribution is 6.04. The smallest absolute Gasteiger partial charge is 0.341 e. The second kappa shape index (κ2) is 9.73. The highest BCUT2D eigenvalue weighted by Crippen LogP contribution is 2.20. The number of amides is 1. The van der Waals surface area contributed by atoms with E-state index in [0.29, 0.717) is 35.6 Å². The molecule has 0 atom stereocenters. The Kier molecular flexibility index (Phi) is 6.85. The van der Waals surface area contributed by atoms with Gasteiger partial charge in [-0.3, -0.25) is 4.79 Å². The molecule has 1 aromatic heterocycles. The summed E-state index contributed by atoms with van der Waals surface area (Å²) in [6, 6.07) is 14.3. The average Bonchev–Trinajstić information content (AvgIpc) is 3.18. The maximum atomic E-state index is 12.5. The summed E-state index contributed by atoms with van der Waals surface area (Å²) in [7, 11) is 1.56. The molecule has 0 saturated carbocycles. The van der Waals surface area contributed by atoms with Crippen LogP contribution >= 0.6 is 0 Å². The lowest BCUT2D eigenvalue weighted by Crippen LogP contribution is -2.12. The van der Waals surface area contributed by atoms with Crippen molar-refractivity contribution in [1.29, 1.82) is 0 Å². The highest BCUT2D eigenvalue weighted by atomic mass is 16.5. The van der Waals surface area contributed by atoms with Gasteiger partial charge in [-0.2, -0.15) is 5.10 Å². The van der Waals surface area contributed by atoms with E-state index in [-0.39, 0.29) is 11.9 Å². The maximum absolute atomic E-state index is 12.5. The molecule has 0 radical (unpaired) electrons. The first-order chi connectivity index (χ1) is 14.6. The van der Waals surface area contributed by atoms with Gasteiger partial charge in [-0.15, -0.1) is 0 Å². The summed E-state index contributed by atoms with van der Waals surface area (Å²) in [6.45, 7) is 4.14. The predicted molar refractivity (Wildman–Crippen MR) is 114 cm³/mol. The van der Waals surface area contributed by atoms with Crippen LogP contribution in [0.1, 0.15) is 46.7 Å². The first-order valence-corrected chi connectivity index (χ1v) is 9.87. The third kappa shape index (κ3) is 4.68. The molecule has 0 aliphatic carbocycles. The van der Waals surface area contributed by atoms with Crippen molar-refractivity contribution in [2.24, 2.45) is 0 Å². The van der Waals surface area contributed by atoms with Gasteiger partial charge in [0.2, 0.25) is 0 Å². The molecule has 0 fully saturated rings. The van der Waals surface area contributed by atoms with Crippen LogP contribution in [-0.4, -0.2) is 35.4 Å². The van der Waals surface area contributed by atoms with Crippen molar-refractivity contribution in [1.82, 2.24) is 9.78 Å². The quantitative estimate of drug-likeness (QED) is 0.564. The minimum absolute atomic E-state index is 0.225. The van der Waals surface area contributed by atoms with Gasteiger partial charge >= 0.3 is 5.97 Å². The van der Waals surface area contributed by atoms with Gasteiger partial charge in [0.25, 0.3) is 5.91 Å². The summed E-state index contributed by atoms with van der Waals surface area (Å²) in [5.41, 5.74) is 3.25. The fourth-order valence-corrected chi connectivity index (χ4v) is 3.11. The lowest BCUT2D eigenvalue weighted by atomic mass is 10.1. The third-order valence-electron chi connectivity index (χ3n) is 4.55. The number of rotatable bonds is 8. The minimum Gasteiger partial charge on any atom is -0.497 e. The van der Waals surface area contributed by atoms with Crippen LogP contribution in [0.2, 0.25) is 0 Å². The zero-order valence-electron chi connectivity index (χ0n) is 17.3. The number of carbonyl (C=O) groups excluding carboxylic acids is 2. The molecule has 1 N–H and O–H groups in total. The van der Waals surface area contributed by atoms with Crippen LogP contribution in [0, 0.1) is 0 Å². The summed E-state index contributed by atoms with van der Waals surface area (Å²) >= 11 is 0. The SMILES string of the molecule is CCCc1c(C(=O)OCC)cnn1-c1ccc(NC(=O)c2cccc(OC)c2)cc1. The minimum atomic E-state index is -0.366. The summed E-state index contributed by atoms with van der Waals surface area (Å²) in [5.74, 6) is 0.0314. The van der Waals surface area contributed by atoms with E-state index < -0.39 is 0 Å². The Bertz CT molecular complexity index is 1030. The van der Waals surface area contributed by atoms with Crippen molar-refractivity contribution in [3.63, 3.8) is 0 Å². The number of hydrogen-bond acceptors (Lipinski definition) is 5. The summed E-state index contributed by atoms with van der Waals surface area (Å²) in [4.78, 5) is 24.7. The Hall–Kier alpha value is -3.61. The van der Waals surface area contributed by atoms with Crippen molar-refractivity contribution < 1.29 is 19.1 Å². The molecule has 3 aromatic rings. The Morgan fingerprint density at radius 3 is 2.53 bits per heavy atom. The second-order valence-electron chi connectivity index (χ2n) is 6.62. The number of benzene rings is 2. The number of nitrogens with one attached hydrogen (secondary N) is 1. The number of hydrogen-bond donors (Lipinski definition) is 1. The van der Waals surface area contributed by atoms with E-state index in [0.717, 1.165) is 17.8 Å². The Balaban J connectivity index is 1.80. The van der Waals surface area contributed by atoms with E-state index in [9.17, 15) is 9.59 Å². The molecule has 0 bridgehead atoms. The number of carbonyl (C=O) groups is 2. The van der Waals surface area contributed by atoms with Gasteiger partial charge in [0.1, 0.15) is 11.3 Å².